The predicted molar refractivity (Wildman–Crippen MR) is 79.7 cm³/mol. The minimum Gasteiger partial charge on any atom is -0.347 e. The molecule has 2 aliphatic rings. The van der Waals surface area contributed by atoms with Crippen LogP contribution in [0, 0.1) is 5.41 Å². The van der Waals surface area contributed by atoms with E-state index in [1.165, 1.54) is 0 Å². The van der Waals surface area contributed by atoms with Gasteiger partial charge in [-0.3, -0.25) is 0 Å². The summed E-state index contributed by atoms with van der Waals surface area (Å²) in [4.78, 5) is 0.387. The van der Waals surface area contributed by atoms with E-state index in [2.05, 4.69) is 0 Å². The number of hydrogen-bond donors (Lipinski definition) is 0. The molecule has 0 bridgehead atoms. The zero-order chi connectivity index (χ0) is 15.1. The molecule has 116 valence electrons. The highest BCUT2D eigenvalue weighted by atomic mass is 32.2. The molecule has 0 aromatic heterocycles. The lowest BCUT2D eigenvalue weighted by Crippen LogP contribution is -2.50. The number of hydrogen-bond acceptors (Lipinski definition) is 4. The highest BCUT2D eigenvalue weighted by molar-refractivity contribution is 7.92. The summed E-state index contributed by atoms with van der Waals surface area (Å²) in [5.41, 5.74) is -0.283. The molecule has 5 heteroatoms. The molecule has 1 aromatic carbocycles. The Morgan fingerprint density at radius 1 is 1.05 bits per heavy atom. The summed E-state index contributed by atoms with van der Waals surface area (Å²) in [5.74, 6) is -0.692. The van der Waals surface area contributed by atoms with Crippen molar-refractivity contribution in [1.29, 1.82) is 0 Å². The van der Waals surface area contributed by atoms with Crippen molar-refractivity contribution < 1.29 is 17.9 Å². The van der Waals surface area contributed by atoms with Gasteiger partial charge in [-0.25, -0.2) is 8.42 Å². The van der Waals surface area contributed by atoms with Crippen LogP contribution in [-0.4, -0.2) is 32.7 Å². The number of benzene rings is 1. The second-order valence-electron chi connectivity index (χ2n) is 6.65. The van der Waals surface area contributed by atoms with Gasteiger partial charge in [0.05, 0.1) is 23.4 Å². The average Bonchev–Trinajstić information content (AvgIpc) is 2.92. The molecule has 1 heterocycles. The maximum absolute atomic E-state index is 13.0. The molecule has 21 heavy (non-hydrogen) atoms. The van der Waals surface area contributed by atoms with E-state index in [0.29, 0.717) is 24.5 Å². The van der Waals surface area contributed by atoms with Gasteiger partial charge in [0.1, 0.15) is 0 Å². The first kappa shape index (κ1) is 15.0. The maximum Gasteiger partial charge on any atom is 0.181 e. The van der Waals surface area contributed by atoms with Crippen molar-refractivity contribution in [2.75, 3.05) is 13.2 Å². The lowest BCUT2D eigenvalue weighted by atomic mass is 9.74. The van der Waals surface area contributed by atoms with Gasteiger partial charge >= 0.3 is 0 Å². The topological polar surface area (TPSA) is 52.6 Å². The number of sulfone groups is 1. The van der Waals surface area contributed by atoms with Crippen molar-refractivity contribution in [3.8, 4) is 0 Å². The van der Waals surface area contributed by atoms with E-state index < -0.39 is 20.9 Å². The van der Waals surface area contributed by atoms with Gasteiger partial charge in [0.15, 0.2) is 15.6 Å². The first-order valence-corrected chi connectivity index (χ1v) is 8.97. The summed E-state index contributed by atoms with van der Waals surface area (Å²) in [7, 11) is -3.39. The van der Waals surface area contributed by atoms with Crippen molar-refractivity contribution in [2.45, 2.75) is 49.0 Å². The van der Waals surface area contributed by atoms with Crippen LogP contribution in [0.2, 0.25) is 0 Å². The Morgan fingerprint density at radius 2 is 1.67 bits per heavy atom. The van der Waals surface area contributed by atoms with Gasteiger partial charge in [-0.05, 0) is 24.0 Å². The van der Waals surface area contributed by atoms with Gasteiger partial charge in [-0.1, -0.05) is 32.0 Å². The summed E-state index contributed by atoms with van der Waals surface area (Å²) < 4.78 is 37.6. The zero-order valence-electron chi connectivity index (χ0n) is 12.5. The Kier molecular flexibility index (Phi) is 3.62. The molecule has 0 radical (unpaired) electrons. The Labute approximate surface area is 126 Å². The van der Waals surface area contributed by atoms with Gasteiger partial charge in [0.25, 0.3) is 0 Å². The standard InChI is InChI=1S/C16H22O4S/c1-15(2)8-9-16(19-10-11-20-16)12-14(15)21(17,18)13-6-4-3-5-7-13/h3-7,14H,8-12H2,1-2H3. The quantitative estimate of drug-likeness (QED) is 0.843. The molecule has 3 rings (SSSR count). The molecular formula is C16H22O4S. The summed E-state index contributed by atoms with van der Waals surface area (Å²) in [6, 6.07) is 8.70. The van der Waals surface area contributed by atoms with Crippen molar-refractivity contribution in [3.05, 3.63) is 30.3 Å². The SMILES string of the molecule is CC1(C)CCC2(CC1S(=O)(=O)c1ccccc1)OCCO2. The van der Waals surface area contributed by atoms with E-state index in [0.717, 1.165) is 12.8 Å². The lowest BCUT2D eigenvalue weighted by molar-refractivity contribution is -0.187. The van der Waals surface area contributed by atoms with Gasteiger partial charge in [0.2, 0.25) is 0 Å². The minimum absolute atomic E-state index is 0.283. The monoisotopic (exact) mass is 310 g/mol. The maximum atomic E-state index is 13.0. The molecule has 1 atom stereocenters. The van der Waals surface area contributed by atoms with Crippen LogP contribution in [0.25, 0.3) is 0 Å². The summed E-state index contributed by atoms with van der Waals surface area (Å²) >= 11 is 0. The zero-order valence-corrected chi connectivity index (χ0v) is 13.4. The molecule has 1 aliphatic heterocycles. The van der Waals surface area contributed by atoms with E-state index in [1.807, 2.05) is 19.9 Å². The van der Waals surface area contributed by atoms with Crippen LogP contribution >= 0.6 is 0 Å². The first-order chi connectivity index (χ1) is 9.86. The normalized spacial score (nSPS) is 27.8. The van der Waals surface area contributed by atoms with Gasteiger partial charge in [-0.2, -0.15) is 0 Å². The summed E-state index contributed by atoms with van der Waals surface area (Å²) in [6.45, 7) is 5.16. The Hall–Kier alpha value is -0.910. The van der Waals surface area contributed by atoms with E-state index in [4.69, 9.17) is 9.47 Å². The number of rotatable bonds is 2. The van der Waals surface area contributed by atoms with Gasteiger partial charge in [-0.15, -0.1) is 0 Å². The third-order valence-electron chi connectivity index (χ3n) is 4.78. The third-order valence-corrected chi connectivity index (χ3v) is 7.26. The fraction of sp³-hybridized carbons (Fsp3) is 0.625. The van der Waals surface area contributed by atoms with Crippen LogP contribution in [0.5, 0.6) is 0 Å². The fourth-order valence-electron chi connectivity index (χ4n) is 3.40. The summed E-state index contributed by atoms with van der Waals surface area (Å²) in [5, 5.41) is -0.487. The fourth-order valence-corrected chi connectivity index (χ4v) is 5.69. The van der Waals surface area contributed by atoms with Crippen LogP contribution in [0.1, 0.15) is 33.1 Å². The predicted octanol–water partition coefficient (Wildman–Crippen LogP) is 2.78. The van der Waals surface area contributed by atoms with E-state index >= 15 is 0 Å². The first-order valence-electron chi connectivity index (χ1n) is 7.43. The highest BCUT2D eigenvalue weighted by Gasteiger charge is 2.53. The Bertz CT molecular complexity index is 600. The molecule has 2 fully saturated rings. The molecule has 1 aliphatic carbocycles. The molecule has 0 amide bonds. The molecule has 1 unspecified atom stereocenters. The molecule has 0 N–H and O–H groups in total. The van der Waals surface area contributed by atoms with Crippen LogP contribution < -0.4 is 0 Å². The van der Waals surface area contributed by atoms with Crippen molar-refractivity contribution in [3.63, 3.8) is 0 Å². The second-order valence-corrected chi connectivity index (χ2v) is 8.78. The largest absolute Gasteiger partial charge is 0.347 e. The van der Waals surface area contributed by atoms with E-state index in [1.54, 1.807) is 24.3 Å². The van der Waals surface area contributed by atoms with Crippen molar-refractivity contribution in [1.82, 2.24) is 0 Å². The molecule has 4 nitrogen and oxygen atoms in total. The second kappa shape index (κ2) is 5.07. The Morgan fingerprint density at radius 3 is 2.29 bits per heavy atom. The van der Waals surface area contributed by atoms with Crippen molar-refractivity contribution >= 4 is 9.84 Å². The Balaban J connectivity index is 1.97. The third kappa shape index (κ3) is 2.62. The van der Waals surface area contributed by atoms with Crippen LogP contribution in [-0.2, 0) is 19.3 Å². The van der Waals surface area contributed by atoms with Gasteiger partial charge < -0.3 is 9.47 Å². The van der Waals surface area contributed by atoms with Crippen LogP contribution in [0.15, 0.2) is 35.2 Å². The minimum atomic E-state index is -3.39. The molecule has 1 saturated heterocycles. The van der Waals surface area contributed by atoms with Gasteiger partial charge in [0, 0.05) is 12.8 Å². The summed E-state index contributed by atoms with van der Waals surface area (Å²) in [6.07, 6.45) is 1.96. The molecule has 1 aromatic rings. The molecule has 1 spiro atoms. The average molecular weight is 310 g/mol. The van der Waals surface area contributed by atoms with Crippen molar-refractivity contribution in [2.24, 2.45) is 5.41 Å². The van der Waals surface area contributed by atoms with E-state index in [9.17, 15) is 8.42 Å². The molecular weight excluding hydrogens is 288 g/mol. The van der Waals surface area contributed by atoms with Crippen LogP contribution in [0.3, 0.4) is 0 Å². The van der Waals surface area contributed by atoms with Crippen LogP contribution in [0.4, 0.5) is 0 Å². The lowest BCUT2D eigenvalue weighted by Gasteiger charge is -2.45. The molecule has 1 saturated carbocycles. The highest BCUT2D eigenvalue weighted by Crippen LogP contribution is 2.48. The number of ether oxygens (including phenoxy) is 2. The van der Waals surface area contributed by atoms with E-state index in [-0.39, 0.29) is 5.41 Å². The smallest absolute Gasteiger partial charge is 0.181 e.